The number of hydrogen-bond acceptors (Lipinski definition) is 9. The van der Waals surface area contributed by atoms with Gasteiger partial charge in [-0.05, 0) is 36.4 Å². The van der Waals surface area contributed by atoms with E-state index in [9.17, 15) is 9.90 Å². The first-order valence-corrected chi connectivity index (χ1v) is 9.70. The number of ether oxygens (including phenoxy) is 2. The molecule has 0 aliphatic carbocycles. The Kier molecular flexibility index (Phi) is 5.54. The smallest absolute Gasteiger partial charge is 0.240 e. The zero-order valence-electron chi connectivity index (χ0n) is 14.8. The SMILES string of the molecule is O=C(CSc1n[nH]c(N/N=C\c2cc(Cl)ccc2O)n1)c1ccc2c(c1)OCO2. The Hall–Kier alpha value is -3.24. The monoisotopic (exact) mass is 431 g/mol. The molecule has 1 aliphatic heterocycles. The maximum atomic E-state index is 12.4. The number of nitrogens with zero attached hydrogens (tertiary/aromatic N) is 3. The molecule has 1 aromatic heterocycles. The maximum absolute atomic E-state index is 12.4. The first-order chi connectivity index (χ1) is 14.1. The summed E-state index contributed by atoms with van der Waals surface area (Å²) in [6.45, 7) is 0.161. The second-order valence-electron chi connectivity index (χ2n) is 5.82. The van der Waals surface area contributed by atoms with Crippen LogP contribution in [-0.4, -0.2) is 44.8 Å². The predicted molar refractivity (Wildman–Crippen MR) is 108 cm³/mol. The Labute approximate surface area is 174 Å². The van der Waals surface area contributed by atoms with E-state index in [0.29, 0.717) is 38.8 Å². The summed E-state index contributed by atoms with van der Waals surface area (Å²) < 4.78 is 10.5. The highest BCUT2D eigenvalue weighted by molar-refractivity contribution is 7.99. The molecule has 4 rings (SSSR count). The summed E-state index contributed by atoms with van der Waals surface area (Å²) in [4.78, 5) is 16.5. The van der Waals surface area contributed by atoms with Crippen LogP contribution in [0.4, 0.5) is 5.95 Å². The number of carbonyl (C=O) groups excluding carboxylic acids is 1. The number of phenols is 1. The molecule has 29 heavy (non-hydrogen) atoms. The number of aromatic nitrogens is 3. The van der Waals surface area contributed by atoms with Gasteiger partial charge >= 0.3 is 0 Å². The number of Topliss-reactive ketones (excluding diaryl/α,β-unsaturated/α-hetero) is 1. The summed E-state index contributed by atoms with van der Waals surface area (Å²) >= 11 is 7.07. The Morgan fingerprint density at radius 1 is 1.31 bits per heavy atom. The predicted octanol–water partition coefficient (Wildman–Crippen LogP) is 3.31. The van der Waals surface area contributed by atoms with Gasteiger partial charge in [0.15, 0.2) is 17.3 Å². The molecule has 9 nitrogen and oxygen atoms in total. The van der Waals surface area contributed by atoms with Gasteiger partial charge in [-0.1, -0.05) is 23.4 Å². The third-order valence-electron chi connectivity index (χ3n) is 3.86. The molecule has 0 amide bonds. The highest BCUT2D eigenvalue weighted by Gasteiger charge is 2.17. The Bertz CT molecular complexity index is 1090. The number of benzene rings is 2. The molecule has 0 radical (unpaired) electrons. The molecule has 2 heterocycles. The lowest BCUT2D eigenvalue weighted by atomic mass is 10.1. The van der Waals surface area contributed by atoms with Crippen molar-refractivity contribution in [3.8, 4) is 17.2 Å². The number of phenolic OH excluding ortho intramolecular Hbond substituents is 1. The van der Waals surface area contributed by atoms with Crippen molar-refractivity contribution in [1.29, 1.82) is 0 Å². The van der Waals surface area contributed by atoms with Crippen molar-refractivity contribution in [3.05, 3.63) is 52.5 Å². The van der Waals surface area contributed by atoms with E-state index >= 15 is 0 Å². The zero-order chi connectivity index (χ0) is 20.2. The van der Waals surface area contributed by atoms with E-state index in [0.717, 1.165) is 0 Å². The third kappa shape index (κ3) is 4.61. The van der Waals surface area contributed by atoms with Crippen LogP contribution in [0.5, 0.6) is 17.2 Å². The van der Waals surface area contributed by atoms with Gasteiger partial charge in [0, 0.05) is 16.1 Å². The number of H-pyrrole nitrogens is 1. The van der Waals surface area contributed by atoms with Crippen LogP contribution >= 0.6 is 23.4 Å². The number of thioether (sulfide) groups is 1. The summed E-state index contributed by atoms with van der Waals surface area (Å²) in [5.74, 6) is 1.62. The van der Waals surface area contributed by atoms with Crippen molar-refractivity contribution in [3.63, 3.8) is 0 Å². The standard InChI is InChI=1S/C18H14ClN5O4S/c19-12-2-3-13(25)11(5-12)7-20-22-17-21-18(24-23-17)29-8-14(26)10-1-4-15-16(6-10)28-9-27-15/h1-7,25H,8-9H2,(H2,21,22,23,24)/b20-7-. The van der Waals surface area contributed by atoms with E-state index in [-0.39, 0.29) is 24.1 Å². The molecule has 2 aromatic carbocycles. The minimum absolute atomic E-state index is 0.0517. The lowest BCUT2D eigenvalue weighted by Gasteiger charge is -2.01. The number of hydrazone groups is 1. The second-order valence-corrected chi connectivity index (χ2v) is 7.20. The summed E-state index contributed by atoms with van der Waals surface area (Å²) in [5, 5.41) is 21.3. The van der Waals surface area contributed by atoms with Gasteiger partial charge < -0.3 is 14.6 Å². The van der Waals surface area contributed by atoms with Gasteiger partial charge in [-0.2, -0.15) is 10.1 Å². The average molecular weight is 432 g/mol. The lowest BCUT2D eigenvalue weighted by molar-refractivity contribution is 0.102. The number of aromatic amines is 1. The number of hydrogen-bond donors (Lipinski definition) is 3. The number of halogens is 1. The summed E-state index contributed by atoms with van der Waals surface area (Å²) in [6.07, 6.45) is 1.40. The van der Waals surface area contributed by atoms with Crippen molar-refractivity contribution in [2.75, 3.05) is 18.0 Å². The van der Waals surface area contributed by atoms with Gasteiger partial charge in [-0.25, -0.2) is 10.5 Å². The minimum atomic E-state index is -0.0814. The Morgan fingerprint density at radius 3 is 3.07 bits per heavy atom. The van der Waals surface area contributed by atoms with Gasteiger partial charge in [0.05, 0.1) is 12.0 Å². The third-order valence-corrected chi connectivity index (χ3v) is 4.94. The molecule has 11 heteroatoms. The average Bonchev–Trinajstić information content (AvgIpc) is 3.37. The van der Waals surface area contributed by atoms with Crippen molar-refractivity contribution in [1.82, 2.24) is 15.2 Å². The van der Waals surface area contributed by atoms with Gasteiger partial charge in [0.2, 0.25) is 17.9 Å². The number of aromatic hydroxyl groups is 1. The van der Waals surface area contributed by atoms with Crippen LogP contribution in [0, 0.1) is 0 Å². The first-order valence-electron chi connectivity index (χ1n) is 8.34. The topological polar surface area (TPSA) is 122 Å². The van der Waals surface area contributed by atoms with Crippen LogP contribution in [0.3, 0.4) is 0 Å². The van der Waals surface area contributed by atoms with E-state index in [1.807, 2.05) is 0 Å². The molecular weight excluding hydrogens is 418 g/mol. The number of fused-ring (bicyclic) bond motifs is 1. The molecule has 0 fully saturated rings. The molecular formula is C18H14ClN5O4S. The van der Waals surface area contributed by atoms with E-state index in [4.69, 9.17) is 21.1 Å². The molecule has 0 bridgehead atoms. The normalized spacial score (nSPS) is 12.4. The van der Waals surface area contributed by atoms with E-state index in [1.54, 1.807) is 30.3 Å². The summed E-state index contributed by atoms with van der Waals surface area (Å²) in [5.41, 5.74) is 3.65. The molecule has 1 aliphatic rings. The van der Waals surface area contributed by atoms with Crippen molar-refractivity contribution >= 4 is 41.3 Å². The van der Waals surface area contributed by atoms with E-state index in [2.05, 4.69) is 25.7 Å². The molecule has 3 N–H and O–H groups in total. The fraction of sp³-hybridized carbons (Fsp3) is 0.111. The lowest BCUT2D eigenvalue weighted by Crippen LogP contribution is -2.02. The number of ketones is 1. The van der Waals surface area contributed by atoms with E-state index < -0.39 is 0 Å². The molecule has 3 aromatic rings. The molecule has 0 spiro atoms. The highest BCUT2D eigenvalue weighted by Crippen LogP contribution is 2.33. The van der Waals surface area contributed by atoms with Gasteiger partial charge in [0.1, 0.15) is 5.75 Å². The maximum Gasteiger partial charge on any atom is 0.240 e. The summed E-state index contributed by atoms with van der Waals surface area (Å²) in [6, 6.07) is 9.70. The van der Waals surface area contributed by atoms with Crippen molar-refractivity contribution in [2.45, 2.75) is 5.16 Å². The highest BCUT2D eigenvalue weighted by atomic mass is 35.5. The van der Waals surface area contributed by atoms with Crippen LogP contribution in [0.1, 0.15) is 15.9 Å². The quantitative estimate of drug-likeness (QED) is 0.225. The molecule has 0 unspecified atom stereocenters. The fourth-order valence-corrected chi connectivity index (χ4v) is 3.31. The summed E-state index contributed by atoms with van der Waals surface area (Å²) in [7, 11) is 0. The first kappa shape index (κ1) is 19.1. The fourth-order valence-electron chi connectivity index (χ4n) is 2.44. The van der Waals surface area contributed by atoms with Gasteiger partial charge in [-0.3, -0.25) is 4.79 Å². The van der Waals surface area contributed by atoms with Crippen molar-refractivity contribution in [2.24, 2.45) is 5.10 Å². The van der Waals surface area contributed by atoms with Crippen LogP contribution in [0.2, 0.25) is 5.02 Å². The largest absolute Gasteiger partial charge is 0.507 e. The Balaban J connectivity index is 1.31. The number of anilines is 1. The van der Waals surface area contributed by atoms with Crippen molar-refractivity contribution < 1.29 is 19.4 Å². The van der Waals surface area contributed by atoms with Gasteiger partial charge in [0.25, 0.3) is 0 Å². The van der Waals surface area contributed by atoms with Crippen LogP contribution in [0.25, 0.3) is 0 Å². The molecule has 0 saturated carbocycles. The molecule has 0 atom stereocenters. The zero-order valence-corrected chi connectivity index (χ0v) is 16.3. The number of carbonyl (C=O) groups is 1. The number of rotatable bonds is 7. The van der Waals surface area contributed by atoms with Crippen LogP contribution < -0.4 is 14.9 Å². The molecule has 0 saturated heterocycles. The number of nitrogens with one attached hydrogen (secondary N) is 2. The van der Waals surface area contributed by atoms with Crippen LogP contribution in [-0.2, 0) is 0 Å². The van der Waals surface area contributed by atoms with Gasteiger partial charge in [-0.15, -0.1) is 5.10 Å². The Morgan fingerprint density at radius 2 is 2.17 bits per heavy atom. The minimum Gasteiger partial charge on any atom is -0.507 e. The second kappa shape index (κ2) is 8.41. The van der Waals surface area contributed by atoms with E-state index in [1.165, 1.54) is 24.0 Å². The van der Waals surface area contributed by atoms with Crippen LogP contribution in [0.15, 0.2) is 46.7 Å². The molecule has 148 valence electrons.